The van der Waals surface area contributed by atoms with Crippen LogP contribution in [0.15, 0.2) is 11.6 Å². The monoisotopic (exact) mass is 208 g/mol. The molecule has 0 bridgehead atoms. The molecule has 2 nitrogen and oxygen atoms in total. The molecule has 0 radical (unpaired) electrons. The summed E-state index contributed by atoms with van der Waals surface area (Å²) in [6, 6.07) is 0. The van der Waals surface area contributed by atoms with Gasteiger partial charge < -0.3 is 5.11 Å². The number of carbonyl (C=O) groups is 1. The third-order valence-electron chi connectivity index (χ3n) is 4.48. The largest absolute Gasteiger partial charge is 0.481 e. The van der Waals surface area contributed by atoms with E-state index < -0.39 is 5.97 Å². The van der Waals surface area contributed by atoms with Crippen LogP contribution in [-0.2, 0) is 4.79 Å². The van der Waals surface area contributed by atoms with Crippen LogP contribution in [0, 0.1) is 17.3 Å². The van der Waals surface area contributed by atoms with Crippen molar-refractivity contribution < 1.29 is 9.90 Å². The number of hydrogen-bond donors (Lipinski definition) is 1. The van der Waals surface area contributed by atoms with Crippen molar-refractivity contribution in [3.63, 3.8) is 0 Å². The third kappa shape index (κ3) is 1.60. The van der Waals surface area contributed by atoms with Crippen LogP contribution in [0.5, 0.6) is 0 Å². The van der Waals surface area contributed by atoms with Gasteiger partial charge in [-0.15, -0.1) is 0 Å². The van der Waals surface area contributed by atoms with Gasteiger partial charge in [0.25, 0.3) is 0 Å². The van der Waals surface area contributed by atoms with Crippen LogP contribution in [0.25, 0.3) is 0 Å². The first-order valence-corrected chi connectivity index (χ1v) is 6.02. The van der Waals surface area contributed by atoms with Crippen LogP contribution in [0.2, 0.25) is 0 Å². The Balaban J connectivity index is 2.11. The summed E-state index contributed by atoms with van der Waals surface area (Å²) in [5, 5.41) is 8.97. The lowest BCUT2D eigenvalue weighted by Crippen LogP contribution is -2.46. The molecule has 0 amide bonds. The average Bonchev–Trinajstić information content (AvgIpc) is 2.53. The van der Waals surface area contributed by atoms with Crippen molar-refractivity contribution in [2.75, 3.05) is 0 Å². The Morgan fingerprint density at radius 2 is 2.33 bits per heavy atom. The summed E-state index contributed by atoms with van der Waals surface area (Å²) in [6.45, 7) is 4.33. The third-order valence-corrected chi connectivity index (χ3v) is 4.48. The van der Waals surface area contributed by atoms with E-state index >= 15 is 0 Å². The molecule has 1 fully saturated rings. The van der Waals surface area contributed by atoms with Crippen LogP contribution < -0.4 is 0 Å². The minimum atomic E-state index is -0.631. The molecule has 15 heavy (non-hydrogen) atoms. The number of aliphatic carboxylic acids is 1. The van der Waals surface area contributed by atoms with Gasteiger partial charge in [0.05, 0.1) is 6.42 Å². The summed E-state index contributed by atoms with van der Waals surface area (Å²) in [6.07, 6.45) is 7.23. The maximum absolute atomic E-state index is 10.9. The quantitative estimate of drug-likeness (QED) is 0.720. The molecule has 2 heteroatoms. The van der Waals surface area contributed by atoms with Crippen LogP contribution in [0.4, 0.5) is 0 Å². The summed E-state index contributed by atoms with van der Waals surface area (Å²) in [5.41, 5.74) is 1.64. The van der Waals surface area contributed by atoms with E-state index in [-0.39, 0.29) is 5.41 Å². The van der Waals surface area contributed by atoms with E-state index in [9.17, 15) is 4.79 Å². The van der Waals surface area contributed by atoms with Gasteiger partial charge in [-0.3, -0.25) is 4.79 Å². The highest BCUT2D eigenvalue weighted by Crippen LogP contribution is 2.61. The first kappa shape index (κ1) is 10.7. The van der Waals surface area contributed by atoms with Crippen LogP contribution >= 0.6 is 0 Å². The molecule has 84 valence electrons. The molecule has 0 aromatic heterocycles. The Kier molecular flexibility index (Phi) is 2.61. The molecule has 0 saturated heterocycles. The van der Waals surface area contributed by atoms with Crippen molar-refractivity contribution in [1.82, 2.24) is 0 Å². The predicted octanol–water partition coefficient (Wildman–Crippen LogP) is 3.23. The van der Waals surface area contributed by atoms with Crippen LogP contribution in [0.3, 0.4) is 0 Å². The van der Waals surface area contributed by atoms with E-state index in [0.717, 1.165) is 25.2 Å². The smallest absolute Gasteiger partial charge is 0.303 e. The highest BCUT2D eigenvalue weighted by atomic mass is 16.4. The lowest BCUT2D eigenvalue weighted by Gasteiger charge is -2.51. The molecule has 0 aliphatic heterocycles. The van der Waals surface area contributed by atoms with Gasteiger partial charge >= 0.3 is 5.97 Å². The molecule has 2 aliphatic rings. The summed E-state index contributed by atoms with van der Waals surface area (Å²) in [5.74, 6) is 0.696. The van der Waals surface area contributed by atoms with Crippen LogP contribution in [0.1, 0.15) is 46.0 Å². The Morgan fingerprint density at radius 3 is 2.87 bits per heavy atom. The van der Waals surface area contributed by atoms with Gasteiger partial charge in [0.1, 0.15) is 0 Å². The Bertz CT molecular complexity index is 306. The first-order valence-electron chi connectivity index (χ1n) is 6.02. The van der Waals surface area contributed by atoms with Gasteiger partial charge in [0.15, 0.2) is 0 Å². The minimum absolute atomic E-state index is 0.0907. The van der Waals surface area contributed by atoms with Crippen molar-refractivity contribution in [2.45, 2.75) is 46.0 Å². The molecule has 0 heterocycles. The maximum Gasteiger partial charge on any atom is 0.303 e. The number of allylic oxidation sites excluding steroid dienone is 2. The highest BCUT2D eigenvalue weighted by Gasteiger charge is 2.54. The fourth-order valence-electron chi connectivity index (χ4n) is 3.55. The molecule has 3 atom stereocenters. The normalized spacial score (nSPS) is 38.1. The van der Waals surface area contributed by atoms with E-state index in [1.54, 1.807) is 5.57 Å². The predicted molar refractivity (Wildman–Crippen MR) is 59.6 cm³/mol. The van der Waals surface area contributed by atoms with E-state index in [4.69, 9.17) is 5.11 Å². The second-order valence-electron chi connectivity index (χ2n) is 5.16. The summed E-state index contributed by atoms with van der Waals surface area (Å²) in [7, 11) is 0. The highest BCUT2D eigenvalue weighted by molar-refractivity contribution is 5.68. The Morgan fingerprint density at radius 1 is 1.60 bits per heavy atom. The fraction of sp³-hybridized carbons (Fsp3) is 0.769. The fourth-order valence-corrected chi connectivity index (χ4v) is 3.55. The maximum atomic E-state index is 10.9. The second kappa shape index (κ2) is 3.66. The molecule has 0 spiro atoms. The van der Waals surface area contributed by atoms with Gasteiger partial charge in [0, 0.05) is 0 Å². The van der Waals surface area contributed by atoms with E-state index in [0.29, 0.717) is 12.3 Å². The first-order chi connectivity index (χ1) is 7.11. The molecular formula is C13H20O2. The SMILES string of the molecule is CCC1=C[C@@H]2[C@H](C1)C[C@]2(CC)CC(=O)O. The summed E-state index contributed by atoms with van der Waals surface area (Å²) >= 11 is 0. The van der Waals surface area contributed by atoms with Crippen molar-refractivity contribution in [3.05, 3.63) is 11.6 Å². The molecule has 0 aromatic carbocycles. The van der Waals surface area contributed by atoms with Crippen molar-refractivity contribution in [1.29, 1.82) is 0 Å². The van der Waals surface area contributed by atoms with E-state index in [1.807, 2.05) is 0 Å². The van der Waals surface area contributed by atoms with Gasteiger partial charge in [-0.1, -0.05) is 25.5 Å². The summed E-state index contributed by atoms with van der Waals surface area (Å²) in [4.78, 5) is 10.9. The molecule has 1 saturated carbocycles. The topological polar surface area (TPSA) is 37.3 Å². The van der Waals surface area contributed by atoms with Crippen molar-refractivity contribution >= 4 is 5.97 Å². The zero-order valence-electron chi connectivity index (χ0n) is 9.62. The molecule has 2 aliphatic carbocycles. The van der Waals surface area contributed by atoms with Crippen LogP contribution in [-0.4, -0.2) is 11.1 Å². The lowest BCUT2D eigenvalue weighted by atomic mass is 9.52. The number of rotatable bonds is 4. The van der Waals surface area contributed by atoms with Crippen molar-refractivity contribution in [3.8, 4) is 0 Å². The standard InChI is InChI=1S/C13H20O2/c1-3-9-5-10-7-13(4-2,8-12(14)15)11(10)6-9/h6,10-11H,3-5,7-8H2,1-2H3,(H,14,15)/t10-,11-,13-/m1/s1. The molecular weight excluding hydrogens is 188 g/mol. The Labute approximate surface area is 91.4 Å². The lowest BCUT2D eigenvalue weighted by molar-refractivity contribution is -0.145. The Hall–Kier alpha value is -0.790. The zero-order chi connectivity index (χ0) is 11.1. The minimum Gasteiger partial charge on any atom is -0.481 e. The van der Waals surface area contributed by atoms with Gasteiger partial charge in [-0.25, -0.2) is 0 Å². The number of hydrogen-bond acceptors (Lipinski definition) is 1. The number of fused-ring (bicyclic) bond motifs is 1. The van der Waals surface area contributed by atoms with Gasteiger partial charge in [-0.05, 0) is 42.9 Å². The average molecular weight is 208 g/mol. The number of carboxylic acids is 1. The van der Waals surface area contributed by atoms with E-state index in [1.165, 1.54) is 6.42 Å². The molecule has 0 unspecified atom stereocenters. The number of carboxylic acid groups (broad SMARTS) is 1. The zero-order valence-corrected chi connectivity index (χ0v) is 9.62. The molecule has 0 aromatic rings. The molecule has 2 rings (SSSR count). The van der Waals surface area contributed by atoms with Gasteiger partial charge in [-0.2, -0.15) is 0 Å². The summed E-state index contributed by atoms with van der Waals surface area (Å²) < 4.78 is 0. The van der Waals surface area contributed by atoms with Crippen molar-refractivity contribution in [2.24, 2.45) is 17.3 Å². The van der Waals surface area contributed by atoms with E-state index in [2.05, 4.69) is 19.9 Å². The van der Waals surface area contributed by atoms with Gasteiger partial charge in [0.2, 0.25) is 0 Å². The second-order valence-corrected chi connectivity index (χ2v) is 5.16. The molecule has 1 N–H and O–H groups in total.